The molecule has 5 heteroatoms. The van der Waals surface area contributed by atoms with Crippen molar-refractivity contribution in [3.8, 4) is 16.3 Å². The van der Waals surface area contributed by atoms with Gasteiger partial charge in [-0.25, -0.2) is 0 Å². The largest absolute Gasteiger partial charge is 0.507 e. The number of phenolic OH excluding ortho intramolecular Hbond substituents is 1. The number of aromatic nitrogens is 2. The van der Waals surface area contributed by atoms with Crippen LogP contribution < -0.4 is 0 Å². The number of aromatic hydroxyl groups is 1. The molecule has 1 aromatic heterocycles. The van der Waals surface area contributed by atoms with Crippen LogP contribution in [0.3, 0.4) is 0 Å². The second-order valence-electron chi connectivity index (χ2n) is 2.88. The Bertz CT molecular complexity index is 470. The third-order valence-electron chi connectivity index (χ3n) is 1.78. The first kappa shape index (κ1) is 9.61. The van der Waals surface area contributed by atoms with Crippen LogP contribution in [0.15, 0.2) is 22.1 Å². The van der Waals surface area contributed by atoms with Crippen molar-refractivity contribution in [2.75, 3.05) is 0 Å². The molecule has 0 spiro atoms. The Balaban J connectivity index is 2.55. The number of hydrogen-bond acceptors (Lipinski definition) is 4. The molecule has 0 saturated carbocycles. The summed E-state index contributed by atoms with van der Waals surface area (Å²) >= 11 is 4.63. The van der Waals surface area contributed by atoms with Crippen molar-refractivity contribution in [1.82, 2.24) is 10.2 Å². The van der Waals surface area contributed by atoms with Gasteiger partial charge in [0.2, 0.25) is 0 Å². The van der Waals surface area contributed by atoms with Gasteiger partial charge in [0.15, 0.2) is 8.92 Å². The summed E-state index contributed by atoms with van der Waals surface area (Å²) in [5, 5.41) is 18.1. The maximum absolute atomic E-state index is 9.62. The van der Waals surface area contributed by atoms with Gasteiger partial charge in [-0.05, 0) is 35.0 Å². The minimum absolute atomic E-state index is 0.235. The first-order valence-corrected chi connectivity index (χ1v) is 5.57. The predicted octanol–water partition coefficient (Wildman–Crippen LogP) is 2.98. The first-order valence-electron chi connectivity index (χ1n) is 3.96. The molecule has 0 fully saturated rings. The van der Waals surface area contributed by atoms with E-state index < -0.39 is 0 Å². The molecular formula is C9H7BrN2OS. The normalized spacial score (nSPS) is 10.4. The molecule has 0 aliphatic rings. The summed E-state index contributed by atoms with van der Waals surface area (Å²) in [4.78, 5) is 0. The molecule has 0 bridgehead atoms. The summed E-state index contributed by atoms with van der Waals surface area (Å²) in [6.07, 6.45) is 0. The maximum atomic E-state index is 9.62. The summed E-state index contributed by atoms with van der Waals surface area (Å²) in [6.45, 7) is 1.97. The lowest BCUT2D eigenvalue weighted by atomic mass is 10.1. The van der Waals surface area contributed by atoms with E-state index in [1.807, 2.05) is 19.1 Å². The summed E-state index contributed by atoms with van der Waals surface area (Å²) in [5.41, 5.74) is 1.82. The minimum Gasteiger partial charge on any atom is -0.507 e. The summed E-state index contributed by atoms with van der Waals surface area (Å²) in [5.74, 6) is 0.235. The van der Waals surface area contributed by atoms with Crippen molar-refractivity contribution >= 4 is 27.3 Å². The Labute approximate surface area is 93.6 Å². The number of hydrogen-bond donors (Lipinski definition) is 1. The van der Waals surface area contributed by atoms with Gasteiger partial charge in [0.1, 0.15) is 5.75 Å². The van der Waals surface area contributed by atoms with E-state index in [2.05, 4.69) is 26.1 Å². The molecule has 2 rings (SSSR count). The minimum atomic E-state index is 0.235. The van der Waals surface area contributed by atoms with Gasteiger partial charge in [0, 0.05) is 0 Å². The third kappa shape index (κ3) is 1.78. The van der Waals surface area contributed by atoms with E-state index in [0.29, 0.717) is 3.92 Å². The highest BCUT2D eigenvalue weighted by atomic mass is 79.9. The van der Waals surface area contributed by atoms with Gasteiger partial charge in [0.05, 0.1) is 5.56 Å². The SMILES string of the molecule is Cc1ccc(O)c(-c2nnc(Br)s2)c1. The maximum Gasteiger partial charge on any atom is 0.183 e. The predicted molar refractivity (Wildman–Crippen MR) is 59.4 cm³/mol. The second kappa shape index (κ2) is 3.67. The van der Waals surface area contributed by atoms with Gasteiger partial charge >= 0.3 is 0 Å². The topological polar surface area (TPSA) is 46.0 Å². The van der Waals surface area contributed by atoms with E-state index in [1.165, 1.54) is 11.3 Å². The fourth-order valence-electron chi connectivity index (χ4n) is 1.14. The van der Waals surface area contributed by atoms with Crippen LogP contribution in [-0.2, 0) is 0 Å². The molecule has 0 aliphatic carbocycles. The van der Waals surface area contributed by atoms with E-state index in [1.54, 1.807) is 6.07 Å². The van der Waals surface area contributed by atoms with Crippen LogP contribution >= 0.6 is 27.3 Å². The van der Waals surface area contributed by atoms with E-state index in [0.717, 1.165) is 16.1 Å². The van der Waals surface area contributed by atoms with Crippen LogP contribution in [-0.4, -0.2) is 15.3 Å². The van der Waals surface area contributed by atoms with Crippen LogP contribution in [0.2, 0.25) is 0 Å². The smallest absolute Gasteiger partial charge is 0.183 e. The zero-order chi connectivity index (χ0) is 10.1. The van der Waals surface area contributed by atoms with Gasteiger partial charge in [-0.3, -0.25) is 0 Å². The van der Waals surface area contributed by atoms with Gasteiger partial charge in [-0.15, -0.1) is 10.2 Å². The van der Waals surface area contributed by atoms with Gasteiger partial charge in [0.25, 0.3) is 0 Å². The van der Waals surface area contributed by atoms with Crippen molar-refractivity contribution in [1.29, 1.82) is 0 Å². The van der Waals surface area contributed by atoms with Gasteiger partial charge < -0.3 is 5.11 Å². The van der Waals surface area contributed by atoms with Crippen LogP contribution in [0.1, 0.15) is 5.56 Å². The third-order valence-corrected chi connectivity index (χ3v) is 3.17. The zero-order valence-corrected chi connectivity index (χ0v) is 9.76. The van der Waals surface area contributed by atoms with E-state index in [4.69, 9.17) is 0 Å². The highest BCUT2D eigenvalue weighted by Crippen LogP contribution is 2.33. The Morgan fingerprint density at radius 2 is 2.14 bits per heavy atom. The van der Waals surface area contributed by atoms with Crippen LogP contribution in [0.25, 0.3) is 10.6 Å². The standard InChI is InChI=1S/C9H7BrN2OS/c1-5-2-3-7(13)6(4-5)8-11-12-9(10)14-8/h2-4,13H,1H3. The molecule has 0 atom stereocenters. The zero-order valence-electron chi connectivity index (χ0n) is 7.36. The highest BCUT2D eigenvalue weighted by molar-refractivity contribution is 9.11. The molecule has 0 amide bonds. The Morgan fingerprint density at radius 1 is 1.36 bits per heavy atom. The molecule has 0 aliphatic heterocycles. The Morgan fingerprint density at radius 3 is 2.79 bits per heavy atom. The lowest BCUT2D eigenvalue weighted by Crippen LogP contribution is -1.80. The molecule has 1 N–H and O–H groups in total. The lowest BCUT2D eigenvalue weighted by molar-refractivity contribution is 0.477. The molecule has 3 nitrogen and oxygen atoms in total. The van der Waals surface area contributed by atoms with Gasteiger partial charge in [-0.2, -0.15) is 0 Å². The Kier molecular flexibility index (Phi) is 2.52. The summed E-state index contributed by atoms with van der Waals surface area (Å²) in [6, 6.07) is 5.41. The number of aryl methyl sites for hydroxylation is 1. The Hall–Kier alpha value is -0.940. The molecule has 2 aromatic rings. The van der Waals surface area contributed by atoms with Crippen molar-refractivity contribution in [2.45, 2.75) is 6.92 Å². The molecule has 1 aromatic carbocycles. The molecule has 1 heterocycles. The van der Waals surface area contributed by atoms with Crippen molar-refractivity contribution < 1.29 is 5.11 Å². The van der Waals surface area contributed by atoms with Crippen LogP contribution in [0.4, 0.5) is 0 Å². The fraction of sp³-hybridized carbons (Fsp3) is 0.111. The highest BCUT2D eigenvalue weighted by Gasteiger charge is 2.09. The summed E-state index contributed by atoms with van der Waals surface area (Å²) < 4.78 is 0.716. The average Bonchev–Trinajstić information content (AvgIpc) is 2.56. The number of nitrogens with zero attached hydrogens (tertiary/aromatic N) is 2. The average molecular weight is 271 g/mol. The van der Waals surface area contributed by atoms with Crippen LogP contribution in [0.5, 0.6) is 5.75 Å². The molecular weight excluding hydrogens is 264 g/mol. The van der Waals surface area contributed by atoms with Gasteiger partial charge in [-0.1, -0.05) is 23.0 Å². The van der Waals surface area contributed by atoms with Crippen molar-refractivity contribution in [2.24, 2.45) is 0 Å². The summed E-state index contributed by atoms with van der Waals surface area (Å²) in [7, 11) is 0. The number of rotatable bonds is 1. The molecule has 0 radical (unpaired) electrons. The van der Waals surface area contributed by atoms with E-state index >= 15 is 0 Å². The molecule has 0 unspecified atom stereocenters. The van der Waals surface area contributed by atoms with Crippen molar-refractivity contribution in [3.63, 3.8) is 0 Å². The molecule has 14 heavy (non-hydrogen) atoms. The van der Waals surface area contributed by atoms with E-state index in [9.17, 15) is 5.11 Å². The second-order valence-corrected chi connectivity index (χ2v) is 5.13. The quantitative estimate of drug-likeness (QED) is 0.867. The lowest BCUT2D eigenvalue weighted by Gasteiger charge is -2.00. The number of halogens is 1. The number of benzene rings is 1. The van der Waals surface area contributed by atoms with Crippen LogP contribution in [0, 0.1) is 6.92 Å². The van der Waals surface area contributed by atoms with Crippen molar-refractivity contribution in [3.05, 3.63) is 27.7 Å². The fourth-order valence-corrected chi connectivity index (χ4v) is 2.27. The number of phenols is 1. The molecule has 0 saturated heterocycles. The monoisotopic (exact) mass is 270 g/mol. The van der Waals surface area contributed by atoms with E-state index in [-0.39, 0.29) is 5.75 Å². The first-order chi connectivity index (χ1) is 6.66. The molecule has 72 valence electrons.